The summed E-state index contributed by atoms with van der Waals surface area (Å²) in [5.74, 6) is -0.0371. The molecule has 7 heteroatoms. The predicted molar refractivity (Wildman–Crippen MR) is 86.3 cm³/mol. The predicted octanol–water partition coefficient (Wildman–Crippen LogP) is 2.61. The van der Waals surface area contributed by atoms with Crippen LogP contribution in [-0.2, 0) is 0 Å². The maximum absolute atomic E-state index is 13.2. The summed E-state index contributed by atoms with van der Waals surface area (Å²) >= 11 is 0. The van der Waals surface area contributed by atoms with E-state index in [2.05, 4.69) is 20.1 Å². The smallest absolute Gasteiger partial charge is 0.258 e. The van der Waals surface area contributed by atoms with Crippen LogP contribution >= 0.6 is 0 Å². The van der Waals surface area contributed by atoms with E-state index in [0.29, 0.717) is 28.9 Å². The van der Waals surface area contributed by atoms with Crippen molar-refractivity contribution < 1.29 is 9.32 Å². The van der Waals surface area contributed by atoms with Crippen molar-refractivity contribution >= 4 is 17.0 Å². The molecule has 0 aliphatic carbocycles. The van der Waals surface area contributed by atoms with Gasteiger partial charge in [-0.3, -0.25) is 14.8 Å². The fraction of sp³-hybridized carbons (Fsp3) is 0.353. The first-order chi connectivity index (χ1) is 11.6. The molecule has 122 valence electrons. The highest BCUT2D eigenvalue weighted by Gasteiger charge is 2.33. The Morgan fingerprint density at radius 2 is 2.21 bits per heavy atom. The Morgan fingerprint density at radius 3 is 3.00 bits per heavy atom. The molecule has 0 aromatic carbocycles. The summed E-state index contributed by atoms with van der Waals surface area (Å²) in [6, 6.07) is 1.76. The first kappa shape index (κ1) is 14.7. The van der Waals surface area contributed by atoms with Crippen LogP contribution in [0.3, 0.4) is 0 Å². The molecular weight excluding hydrogens is 306 g/mol. The molecular formula is C17H17N5O2. The molecule has 0 bridgehead atoms. The molecule has 0 radical (unpaired) electrons. The third-order valence-corrected chi connectivity index (χ3v) is 4.41. The third-order valence-electron chi connectivity index (χ3n) is 4.41. The molecule has 1 saturated heterocycles. The summed E-state index contributed by atoms with van der Waals surface area (Å²) < 4.78 is 5.24. The van der Waals surface area contributed by atoms with Gasteiger partial charge in [-0.05, 0) is 32.8 Å². The number of amides is 1. The Labute approximate surface area is 138 Å². The fourth-order valence-corrected chi connectivity index (χ4v) is 3.34. The number of hydrogen-bond acceptors (Lipinski definition) is 6. The highest BCUT2D eigenvalue weighted by Crippen LogP contribution is 2.33. The van der Waals surface area contributed by atoms with Crippen LogP contribution in [0.4, 0.5) is 0 Å². The summed E-state index contributed by atoms with van der Waals surface area (Å²) in [5, 5.41) is 4.64. The summed E-state index contributed by atoms with van der Waals surface area (Å²) in [4.78, 5) is 27.9. The van der Waals surface area contributed by atoms with Crippen molar-refractivity contribution in [2.24, 2.45) is 0 Å². The first-order valence-corrected chi connectivity index (χ1v) is 7.95. The lowest BCUT2D eigenvalue weighted by molar-refractivity contribution is 0.0734. The number of nitrogens with zero attached hydrogens (tertiary/aromatic N) is 5. The molecule has 1 aliphatic heterocycles. The van der Waals surface area contributed by atoms with Gasteiger partial charge in [-0.2, -0.15) is 0 Å². The molecule has 1 atom stereocenters. The van der Waals surface area contributed by atoms with Crippen LogP contribution in [0.1, 0.15) is 46.3 Å². The number of pyridine rings is 1. The van der Waals surface area contributed by atoms with Gasteiger partial charge >= 0.3 is 0 Å². The summed E-state index contributed by atoms with van der Waals surface area (Å²) in [5.41, 5.74) is 3.24. The average Bonchev–Trinajstić information content (AvgIpc) is 3.22. The van der Waals surface area contributed by atoms with Crippen LogP contribution in [0.2, 0.25) is 0 Å². The van der Waals surface area contributed by atoms with E-state index in [1.165, 1.54) is 0 Å². The van der Waals surface area contributed by atoms with Gasteiger partial charge in [-0.15, -0.1) is 0 Å². The molecule has 3 aromatic heterocycles. The molecule has 0 unspecified atom stereocenters. The van der Waals surface area contributed by atoms with E-state index in [1.54, 1.807) is 24.7 Å². The van der Waals surface area contributed by atoms with E-state index in [0.717, 1.165) is 24.2 Å². The molecule has 3 aromatic rings. The van der Waals surface area contributed by atoms with Crippen molar-refractivity contribution in [3.8, 4) is 0 Å². The number of rotatable bonds is 2. The van der Waals surface area contributed by atoms with Gasteiger partial charge in [0.05, 0.1) is 34.6 Å². The minimum absolute atomic E-state index is 0.0371. The number of hydrogen-bond donors (Lipinski definition) is 0. The van der Waals surface area contributed by atoms with Crippen molar-refractivity contribution in [2.75, 3.05) is 6.54 Å². The van der Waals surface area contributed by atoms with E-state index in [-0.39, 0.29) is 11.9 Å². The number of fused-ring (bicyclic) bond motifs is 1. The Morgan fingerprint density at radius 1 is 1.33 bits per heavy atom. The molecule has 0 saturated carbocycles. The van der Waals surface area contributed by atoms with Crippen molar-refractivity contribution in [1.29, 1.82) is 0 Å². The largest absolute Gasteiger partial charge is 0.336 e. The summed E-state index contributed by atoms with van der Waals surface area (Å²) in [7, 11) is 0. The minimum Gasteiger partial charge on any atom is -0.336 e. The van der Waals surface area contributed by atoms with E-state index in [4.69, 9.17) is 4.52 Å². The number of likely N-dealkylation sites (tertiary alicyclic amines) is 1. The highest BCUT2D eigenvalue weighted by molar-refractivity contribution is 6.06. The van der Waals surface area contributed by atoms with Crippen LogP contribution in [0, 0.1) is 13.8 Å². The Kier molecular flexibility index (Phi) is 3.48. The normalized spacial score (nSPS) is 17.6. The van der Waals surface area contributed by atoms with Crippen LogP contribution in [0.5, 0.6) is 0 Å². The Hall–Kier alpha value is -2.83. The lowest BCUT2D eigenvalue weighted by atomic mass is 10.1. The number of aryl methyl sites for hydroxylation is 2. The monoisotopic (exact) mass is 323 g/mol. The van der Waals surface area contributed by atoms with Gasteiger partial charge in [0.15, 0.2) is 0 Å². The molecule has 0 spiro atoms. The van der Waals surface area contributed by atoms with Gasteiger partial charge in [0.2, 0.25) is 0 Å². The average molecular weight is 323 g/mol. The van der Waals surface area contributed by atoms with Gasteiger partial charge in [-0.25, -0.2) is 4.98 Å². The second-order valence-electron chi connectivity index (χ2n) is 6.05. The molecule has 24 heavy (non-hydrogen) atoms. The molecule has 1 fully saturated rings. The number of carbonyl (C=O) groups excluding carboxylic acids is 1. The van der Waals surface area contributed by atoms with Crippen molar-refractivity contribution in [3.63, 3.8) is 0 Å². The van der Waals surface area contributed by atoms with Gasteiger partial charge in [0.1, 0.15) is 0 Å². The van der Waals surface area contributed by atoms with E-state index in [9.17, 15) is 4.79 Å². The molecule has 0 N–H and O–H groups in total. The van der Waals surface area contributed by atoms with Gasteiger partial charge in [-0.1, -0.05) is 5.16 Å². The maximum Gasteiger partial charge on any atom is 0.258 e. The van der Waals surface area contributed by atoms with Crippen molar-refractivity contribution in [3.05, 3.63) is 47.3 Å². The van der Waals surface area contributed by atoms with E-state index < -0.39 is 0 Å². The second kappa shape index (κ2) is 5.67. The second-order valence-corrected chi connectivity index (χ2v) is 6.05. The highest BCUT2D eigenvalue weighted by atomic mass is 16.5. The topological polar surface area (TPSA) is 85.0 Å². The standard InChI is InChI=1S/C17H17N5O2/c1-10-8-12(15-11(2)21-24-16(15)20-10)17(23)22-7-3-4-14(22)13-9-18-5-6-19-13/h5-6,8-9,14H,3-4,7H2,1-2H3/t14-/m1/s1. The summed E-state index contributed by atoms with van der Waals surface area (Å²) in [6.07, 6.45) is 6.87. The lowest BCUT2D eigenvalue weighted by Crippen LogP contribution is -2.31. The lowest BCUT2D eigenvalue weighted by Gasteiger charge is -2.24. The molecule has 4 rings (SSSR count). The Bertz CT molecular complexity index is 906. The van der Waals surface area contributed by atoms with Gasteiger partial charge < -0.3 is 9.42 Å². The van der Waals surface area contributed by atoms with Gasteiger partial charge in [0, 0.05) is 24.6 Å². The summed E-state index contributed by atoms with van der Waals surface area (Å²) in [6.45, 7) is 4.37. The van der Waals surface area contributed by atoms with Crippen LogP contribution in [-0.4, -0.2) is 37.5 Å². The van der Waals surface area contributed by atoms with E-state index in [1.807, 2.05) is 18.7 Å². The van der Waals surface area contributed by atoms with Crippen LogP contribution in [0.15, 0.2) is 29.2 Å². The molecule has 1 amide bonds. The zero-order valence-corrected chi connectivity index (χ0v) is 13.6. The SMILES string of the molecule is Cc1cc(C(=O)N2CCC[C@@H]2c2cnccn2)c2c(C)noc2n1. The zero-order valence-electron chi connectivity index (χ0n) is 13.6. The molecule has 7 nitrogen and oxygen atoms in total. The first-order valence-electron chi connectivity index (χ1n) is 7.95. The van der Waals surface area contributed by atoms with Crippen LogP contribution in [0.25, 0.3) is 11.1 Å². The van der Waals surface area contributed by atoms with Gasteiger partial charge in [0.25, 0.3) is 11.6 Å². The zero-order chi connectivity index (χ0) is 16.7. The molecule has 1 aliphatic rings. The van der Waals surface area contributed by atoms with Crippen molar-refractivity contribution in [1.82, 2.24) is 25.0 Å². The minimum atomic E-state index is -0.0464. The van der Waals surface area contributed by atoms with Crippen molar-refractivity contribution in [2.45, 2.75) is 32.7 Å². The maximum atomic E-state index is 13.2. The third kappa shape index (κ3) is 2.33. The number of aromatic nitrogens is 4. The Balaban J connectivity index is 1.77. The number of carbonyl (C=O) groups is 1. The van der Waals surface area contributed by atoms with E-state index >= 15 is 0 Å². The molecule has 4 heterocycles. The quantitative estimate of drug-likeness (QED) is 0.720. The fourth-order valence-electron chi connectivity index (χ4n) is 3.34. The van der Waals surface area contributed by atoms with Crippen LogP contribution < -0.4 is 0 Å².